The predicted octanol–water partition coefficient (Wildman–Crippen LogP) is 3.74. The van der Waals surface area contributed by atoms with E-state index in [-0.39, 0.29) is 35.3 Å². The highest BCUT2D eigenvalue weighted by atomic mass is 16.6. The van der Waals surface area contributed by atoms with Crippen molar-refractivity contribution in [1.29, 1.82) is 0 Å². The van der Waals surface area contributed by atoms with Crippen LogP contribution in [0.2, 0.25) is 0 Å². The van der Waals surface area contributed by atoms with Crippen LogP contribution in [-0.4, -0.2) is 105 Å². The maximum Gasteiger partial charge on any atom is 0.338 e. The number of Topliss-reactive ketones (excluding diaryl/α,β-unsaturated/α-hetero) is 1. The number of rotatable bonds is 10. The Balaban J connectivity index is 1.39. The van der Waals surface area contributed by atoms with E-state index >= 15 is 4.79 Å². The van der Waals surface area contributed by atoms with Gasteiger partial charge in [0.15, 0.2) is 23.6 Å². The average Bonchev–Trinajstić information content (AvgIpc) is 3.24. The molecule has 3 aliphatic carbocycles. The number of carbonyl (C=O) groups excluding carboxylic acids is 6. The summed E-state index contributed by atoms with van der Waals surface area (Å²) in [4.78, 5) is 83.5. The molecule has 7 rings (SSSR count). The Labute approximate surface area is 358 Å². The fraction of sp³-hybridized carbons (Fsp3) is 0.447. The molecule has 62 heavy (non-hydrogen) atoms. The number of aliphatic hydroxyl groups excluding tert-OH is 2. The normalized spacial score (nSPS) is 31.9. The standard InChI is InChI=1S/C47H51NO14/c1-25-31(60-43(56)36(52)35(28-16-10-7-11-17-28)48-41(54)29-18-12-8-13-19-29)23-47(57)40(61-42(55)30-20-14-9-15-21-30)38-45(6,32(51)22-33-46(38,24-58-33)62-27(3)50)39(53)37(59-26(2)49)34(25)44(47,4)5/h7-21,31-33,35-38,40,51-52,57H,22-24H2,1-6H3,(H,48,54)/t31-,32-,33+,35-,36+,37+,38?,40-,45+,46-,47+/m0/s1/i8+1,12+1,13+1,18+1,19+1,29+1. The van der Waals surface area contributed by atoms with E-state index in [4.69, 9.17) is 23.7 Å². The van der Waals surface area contributed by atoms with Crippen LogP contribution < -0.4 is 5.32 Å². The Kier molecular flexibility index (Phi) is 11.8. The van der Waals surface area contributed by atoms with Gasteiger partial charge < -0.3 is 44.3 Å². The number of nitrogens with one attached hydrogen (secondary N) is 1. The number of ketones is 1. The third kappa shape index (κ3) is 7.29. The second-order valence-corrected chi connectivity index (χ2v) is 17.4. The molecule has 15 nitrogen and oxygen atoms in total. The Bertz CT molecular complexity index is 2280. The van der Waals surface area contributed by atoms with Gasteiger partial charge in [0.25, 0.3) is 5.91 Å². The number of esters is 4. The minimum absolute atomic E-state index is 0.00289. The molecular weight excluding hydrogens is 808 g/mol. The van der Waals surface area contributed by atoms with E-state index in [2.05, 4.69) is 5.32 Å². The van der Waals surface area contributed by atoms with Crippen LogP contribution in [0.25, 0.3) is 0 Å². The molecule has 1 amide bonds. The first-order valence-corrected chi connectivity index (χ1v) is 20.5. The number of amides is 1. The van der Waals surface area contributed by atoms with Crippen molar-refractivity contribution in [1.82, 2.24) is 5.32 Å². The van der Waals surface area contributed by atoms with Crippen molar-refractivity contribution in [3.63, 3.8) is 0 Å². The molecule has 2 saturated carbocycles. The van der Waals surface area contributed by atoms with Crippen LogP contribution in [0.4, 0.5) is 0 Å². The third-order valence-electron chi connectivity index (χ3n) is 13.5. The molecule has 1 saturated heterocycles. The first-order chi connectivity index (χ1) is 29.3. The number of aliphatic hydroxyl groups is 3. The lowest BCUT2D eigenvalue weighted by Crippen LogP contribution is -2.82. The zero-order chi connectivity index (χ0) is 44.9. The summed E-state index contributed by atoms with van der Waals surface area (Å²) < 4.78 is 30.3. The van der Waals surface area contributed by atoms with Gasteiger partial charge in [0.2, 0.25) is 0 Å². The van der Waals surface area contributed by atoms with Crippen LogP contribution >= 0.6 is 0 Å². The summed E-state index contributed by atoms with van der Waals surface area (Å²) in [5, 5.41) is 40.2. The van der Waals surface area contributed by atoms with E-state index in [1.165, 1.54) is 26.0 Å². The van der Waals surface area contributed by atoms with Crippen LogP contribution in [0, 0.1) is 16.7 Å². The fourth-order valence-electron chi connectivity index (χ4n) is 10.2. The van der Waals surface area contributed by atoms with Crippen LogP contribution in [0.3, 0.4) is 0 Å². The number of carbonyl (C=O) groups is 6. The van der Waals surface area contributed by atoms with Gasteiger partial charge in [0, 0.05) is 37.7 Å². The van der Waals surface area contributed by atoms with E-state index in [0.29, 0.717) is 5.56 Å². The Morgan fingerprint density at radius 2 is 1.40 bits per heavy atom. The van der Waals surface area contributed by atoms with Gasteiger partial charge in [-0.2, -0.15) is 0 Å². The molecule has 0 aromatic heterocycles. The van der Waals surface area contributed by atoms with Gasteiger partial charge in [-0.25, -0.2) is 9.59 Å². The molecule has 328 valence electrons. The topological polar surface area (TPSA) is 221 Å². The highest BCUT2D eigenvalue weighted by Gasteiger charge is 2.78. The summed E-state index contributed by atoms with van der Waals surface area (Å²) in [7, 11) is 0. The van der Waals surface area contributed by atoms with E-state index in [1.54, 1.807) is 92.7 Å². The fourth-order valence-corrected chi connectivity index (χ4v) is 10.2. The number of ether oxygens (including phenoxy) is 5. The maximum atomic E-state index is 15.5. The Hall–Kier alpha value is -5.74. The van der Waals surface area contributed by atoms with Crippen LogP contribution in [0.1, 0.15) is 86.7 Å². The van der Waals surface area contributed by atoms with E-state index in [9.17, 15) is 39.3 Å². The molecule has 2 bridgehead atoms. The van der Waals surface area contributed by atoms with Crippen molar-refractivity contribution >= 4 is 35.6 Å². The van der Waals surface area contributed by atoms with Crippen molar-refractivity contribution in [2.24, 2.45) is 16.7 Å². The van der Waals surface area contributed by atoms with Gasteiger partial charge in [-0.3, -0.25) is 19.2 Å². The minimum atomic E-state index is -2.39. The van der Waals surface area contributed by atoms with Gasteiger partial charge in [0.05, 0.1) is 35.6 Å². The third-order valence-corrected chi connectivity index (χ3v) is 13.5. The van der Waals surface area contributed by atoms with Crippen LogP contribution in [0.5, 0.6) is 0 Å². The summed E-state index contributed by atoms with van der Waals surface area (Å²) in [6.45, 7) is 7.97. The highest BCUT2D eigenvalue weighted by molar-refractivity contribution is 5.96. The molecule has 1 unspecified atom stereocenters. The summed E-state index contributed by atoms with van der Waals surface area (Å²) in [5.74, 6) is -6.84. The number of fused-ring (bicyclic) bond motifs is 5. The zero-order valence-electron chi connectivity index (χ0n) is 35.2. The highest BCUT2D eigenvalue weighted by Crippen LogP contribution is 2.64. The molecule has 15 heteroatoms. The molecule has 3 fully saturated rings. The molecule has 1 heterocycles. The van der Waals surface area contributed by atoms with Crippen LogP contribution in [0.15, 0.2) is 102 Å². The van der Waals surface area contributed by atoms with Crippen molar-refractivity contribution < 1.29 is 67.8 Å². The molecule has 11 atom stereocenters. The van der Waals surface area contributed by atoms with Gasteiger partial charge in [-0.1, -0.05) is 80.6 Å². The van der Waals surface area contributed by atoms with Crippen LogP contribution in [-0.2, 0) is 42.9 Å². The average molecular weight is 860 g/mol. The summed E-state index contributed by atoms with van der Waals surface area (Å²) in [5.41, 5.74) is -7.02. The van der Waals surface area contributed by atoms with E-state index in [0.717, 1.165) is 13.8 Å². The summed E-state index contributed by atoms with van der Waals surface area (Å²) in [6.07, 6.45) is -10.5. The molecule has 3 aromatic rings. The van der Waals surface area contributed by atoms with Gasteiger partial charge in [-0.05, 0) is 54.8 Å². The predicted molar refractivity (Wildman–Crippen MR) is 218 cm³/mol. The van der Waals surface area contributed by atoms with Gasteiger partial charge in [0.1, 0.15) is 23.9 Å². The molecule has 4 N–H and O–H groups in total. The number of hydrogen-bond donors (Lipinski definition) is 4. The second-order valence-electron chi connectivity index (χ2n) is 17.4. The van der Waals surface area contributed by atoms with Gasteiger partial charge in [-0.15, -0.1) is 0 Å². The van der Waals surface area contributed by atoms with Crippen molar-refractivity contribution in [3.05, 3.63) is 119 Å². The molecule has 1 aliphatic heterocycles. The van der Waals surface area contributed by atoms with E-state index in [1.807, 2.05) is 0 Å². The molecule has 3 aromatic carbocycles. The lowest BCUT2D eigenvalue weighted by atomic mass is 9.44. The quantitative estimate of drug-likeness (QED) is 0.130. The Morgan fingerprint density at radius 1 is 0.823 bits per heavy atom. The Morgan fingerprint density at radius 3 is 1.95 bits per heavy atom. The number of hydrogen-bond acceptors (Lipinski definition) is 14. The van der Waals surface area contributed by atoms with E-state index < -0.39 is 113 Å². The largest absolute Gasteiger partial charge is 0.456 e. The van der Waals surface area contributed by atoms with Crippen molar-refractivity contribution in [2.75, 3.05) is 6.61 Å². The lowest BCUT2D eigenvalue weighted by molar-refractivity contribution is -0.346. The second kappa shape index (κ2) is 16.5. The number of benzene rings is 3. The monoisotopic (exact) mass is 859 g/mol. The molecular formula is C47H51NO14. The first kappa shape index (κ1) is 44.3. The van der Waals surface area contributed by atoms with Gasteiger partial charge >= 0.3 is 23.9 Å². The van der Waals surface area contributed by atoms with Crippen molar-refractivity contribution in [2.45, 2.75) is 108 Å². The zero-order valence-corrected chi connectivity index (χ0v) is 35.2. The molecule has 4 aliphatic rings. The lowest BCUT2D eigenvalue weighted by Gasteiger charge is -2.67. The summed E-state index contributed by atoms with van der Waals surface area (Å²) in [6, 6.07) is 22.9. The van der Waals surface area contributed by atoms with Crippen molar-refractivity contribution in [3.8, 4) is 0 Å². The SMILES string of the molecule is CC(=O)O[C@H]1C(=O)[C@@]2(C)C([C@H](OC(=O)c3ccccc3)[C@]3(O)C[C@H](OC(=O)[C@H](O)[C@@H](NC(=O)[13c]4[13cH][13cH][13cH][13cH][13cH]4)c4ccccc4)C(C)=C1C3(C)C)[C@]1(OC(C)=O)CO[C@@H]1C[C@@H]2O. The smallest absolute Gasteiger partial charge is 0.338 e. The first-order valence-electron chi connectivity index (χ1n) is 20.5. The molecule has 0 spiro atoms. The molecule has 0 radical (unpaired) electrons. The summed E-state index contributed by atoms with van der Waals surface area (Å²) >= 11 is 0. The maximum absolute atomic E-state index is 15.5. The minimum Gasteiger partial charge on any atom is -0.456 e.